The number of carbonyl (C=O) groups is 1. The highest BCUT2D eigenvalue weighted by Gasteiger charge is 2.22. The van der Waals surface area contributed by atoms with Crippen LogP contribution in [0.2, 0.25) is 0 Å². The van der Waals surface area contributed by atoms with E-state index in [0.29, 0.717) is 30.1 Å². The molecule has 1 atom stereocenters. The van der Waals surface area contributed by atoms with Crippen LogP contribution in [0.5, 0.6) is 0 Å². The molecule has 1 aromatic carbocycles. The van der Waals surface area contributed by atoms with Crippen molar-refractivity contribution in [2.45, 2.75) is 30.7 Å². The summed E-state index contributed by atoms with van der Waals surface area (Å²) < 4.78 is 32.9. The third-order valence-electron chi connectivity index (χ3n) is 3.63. The number of sulfonamides is 1. The van der Waals surface area contributed by atoms with Gasteiger partial charge < -0.3 is 4.42 Å². The predicted octanol–water partition coefficient (Wildman–Crippen LogP) is 1.93. The van der Waals surface area contributed by atoms with Crippen molar-refractivity contribution in [2.24, 2.45) is 5.10 Å². The first-order chi connectivity index (χ1) is 11.5. The maximum absolute atomic E-state index is 12.3. The summed E-state index contributed by atoms with van der Waals surface area (Å²) in [6, 6.07) is 11.0. The third-order valence-corrected chi connectivity index (χ3v) is 5.18. The Morgan fingerprint density at radius 2 is 1.92 bits per heavy atom. The Labute approximate surface area is 139 Å². The Hall–Kier alpha value is -2.45. The minimum absolute atomic E-state index is 0.130. The average molecular weight is 347 g/mol. The van der Waals surface area contributed by atoms with Crippen molar-refractivity contribution >= 4 is 21.6 Å². The molecule has 1 aliphatic rings. The van der Waals surface area contributed by atoms with Gasteiger partial charge in [0.1, 0.15) is 17.2 Å². The number of hydrogen-bond acceptors (Lipinski definition) is 5. The van der Waals surface area contributed by atoms with E-state index in [1.165, 1.54) is 12.1 Å². The zero-order valence-corrected chi connectivity index (χ0v) is 13.8. The number of nitrogens with zero attached hydrogens (tertiary/aromatic N) is 1. The third kappa shape index (κ3) is 3.55. The van der Waals surface area contributed by atoms with Crippen LogP contribution >= 0.6 is 0 Å². The van der Waals surface area contributed by atoms with Gasteiger partial charge in [0, 0.05) is 12.8 Å². The fraction of sp³-hybridized carbons (Fsp3) is 0.250. The van der Waals surface area contributed by atoms with E-state index in [2.05, 4.69) is 15.2 Å². The molecule has 0 bridgehead atoms. The number of amides is 1. The van der Waals surface area contributed by atoms with Gasteiger partial charge in [-0.05, 0) is 31.2 Å². The lowest BCUT2D eigenvalue weighted by molar-refractivity contribution is -0.121. The van der Waals surface area contributed by atoms with Gasteiger partial charge in [0.25, 0.3) is 0 Å². The summed E-state index contributed by atoms with van der Waals surface area (Å²) in [5.41, 5.74) is 3.04. The maximum atomic E-state index is 12.3. The molecule has 2 heterocycles. The van der Waals surface area contributed by atoms with Crippen LogP contribution in [-0.2, 0) is 14.8 Å². The molecule has 0 aliphatic carbocycles. The first-order valence-corrected chi connectivity index (χ1v) is 8.97. The van der Waals surface area contributed by atoms with E-state index in [-0.39, 0.29) is 10.8 Å². The fourth-order valence-electron chi connectivity index (χ4n) is 2.35. The minimum atomic E-state index is -3.63. The number of nitrogens with one attached hydrogen (secondary N) is 2. The van der Waals surface area contributed by atoms with Crippen molar-refractivity contribution < 1.29 is 17.6 Å². The van der Waals surface area contributed by atoms with E-state index in [0.717, 1.165) is 0 Å². The van der Waals surface area contributed by atoms with E-state index in [1.807, 2.05) is 0 Å². The summed E-state index contributed by atoms with van der Waals surface area (Å²) in [7, 11) is -3.63. The molecule has 0 saturated heterocycles. The molecule has 1 aliphatic heterocycles. The largest absolute Gasteiger partial charge is 0.458 e. The number of hydrazone groups is 1. The average Bonchev–Trinajstić information content (AvgIpc) is 3.06. The second-order valence-corrected chi connectivity index (χ2v) is 7.17. The fourth-order valence-corrected chi connectivity index (χ4v) is 3.58. The second kappa shape index (κ2) is 6.58. The monoisotopic (exact) mass is 347 g/mol. The van der Waals surface area contributed by atoms with E-state index in [9.17, 15) is 13.2 Å². The molecule has 126 valence electrons. The van der Waals surface area contributed by atoms with Gasteiger partial charge in [0.15, 0.2) is 0 Å². The lowest BCUT2D eigenvalue weighted by atomic mass is 10.1. The van der Waals surface area contributed by atoms with Crippen LogP contribution in [-0.4, -0.2) is 20.0 Å². The number of rotatable bonds is 5. The van der Waals surface area contributed by atoms with Gasteiger partial charge in [-0.15, -0.1) is 0 Å². The van der Waals surface area contributed by atoms with Gasteiger partial charge in [0.2, 0.25) is 15.9 Å². The molecule has 1 aromatic heterocycles. The maximum Gasteiger partial charge on any atom is 0.241 e. The van der Waals surface area contributed by atoms with Gasteiger partial charge >= 0.3 is 0 Å². The zero-order chi connectivity index (χ0) is 17.2. The molecule has 0 saturated carbocycles. The molecule has 2 aromatic rings. The van der Waals surface area contributed by atoms with Crippen molar-refractivity contribution in [3.05, 3.63) is 54.0 Å². The van der Waals surface area contributed by atoms with Crippen LogP contribution in [0, 0.1) is 0 Å². The van der Waals surface area contributed by atoms with Crippen molar-refractivity contribution in [1.82, 2.24) is 10.1 Å². The minimum Gasteiger partial charge on any atom is -0.458 e. The van der Waals surface area contributed by atoms with Gasteiger partial charge in [0.05, 0.1) is 10.9 Å². The van der Waals surface area contributed by atoms with Gasteiger partial charge in [-0.2, -0.15) is 5.10 Å². The summed E-state index contributed by atoms with van der Waals surface area (Å²) >= 11 is 0. The topological polar surface area (TPSA) is 101 Å². The molecule has 3 rings (SSSR count). The second-order valence-electron chi connectivity index (χ2n) is 5.45. The van der Waals surface area contributed by atoms with Crippen LogP contribution in [0.1, 0.15) is 37.3 Å². The van der Waals surface area contributed by atoms with Gasteiger partial charge in [-0.25, -0.2) is 18.6 Å². The summed E-state index contributed by atoms with van der Waals surface area (Å²) in [6.07, 6.45) is 0.841. The zero-order valence-electron chi connectivity index (χ0n) is 13.0. The van der Waals surface area contributed by atoms with E-state index in [4.69, 9.17) is 4.42 Å². The van der Waals surface area contributed by atoms with Gasteiger partial charge in [-0.3, -0.25) is 4.79 Å². The summed E-state index contributed by atoms with van der Waals surface area (Å²) in [5, 5.41) is 3.96. The van der Waals surface area contributed by atoms with E-state index < -0.39 is 16.1 Å². The molecule has 24 heavy (non-hydrogen) atoms. The molecule has 8 heteroatoms. The van der Waals surface area contributed by atoms with Crippen molar-refractivity contribution in [3.63, 3.8) is 0 Å². The Bertz CT molecular complexity index is 872. The smallest absolute Gasteiger partial charge is 0.241 e. The normalized spacial score (nSPS) is 16.4. The van der Waals surface area contributed by atoms with Crippen LogP contribution in [0.15, 0.2) is 56.9 Å². The highest BCUT2D eigenvalue weighted by Crippen LogP contribution is 2.21. The first kappa shape index (κ1) is 16.4. The molecule has 2 N–H and O–H groups in total. The molecule has 1 unspecified atom stereocenters. The quantitative estimate of drug-likeness (QED) is 0.863. The van der Waals surface area contributed by atoms with Crippen LogP contribution in [0.25, 0.3) is 0 Å². The van der Waals surface area contributed by atoms with Crippen LogP contribution in [0.4, 0.5) is 0 Å². The van der Waals surface area contributed by atoms with Crippen LogP contribution in [0.3, 0.4) is 0 Å². The van der Waals surface area contributed by atoms with E-state index >= 15 is 0 Å². The lowest BCUT2D eigenvalue weighted by Gasteiger charge is -2.13. The molecule has 7 nitrogen and oxygen atoms in total. The Balaban J connectivity index is 1.75. The van der Waals surface area contributed by atoms with Crippen molar-refractivity contribution in [2.75, 3.05) is 0 Å². The predicted molar refractivity (Wildman–Crippen MR) is 87.8 cm³/mol. The Morgan fingerprint density at radius 1 is 1.17 bits per heavy atom. The standard InChI is InChI=1S/C16H17N3O4S/c1-11(19-24(21,22)12-5-3-2-4-6-12)14-8-9-15(23-14)13-7-10-16(20)18-17-13/h2-6,8-9,11,19H,7,10H2,1H3,(H,18,20). The molecule has 0 spiro atoms. The molecular weight excluding hydrogens is 330 g/mol. The summed E-state index contributed by atoms with van der Waals surface area (Å²) in [5.74, 6) is 0.870. The van der Waals surface area contributed by atoms with Crippen molar-refractivity contribution in [1.29, 1.82) is 0 Å². The number of benzene rings is 1. The molecule has 0 radical (unpaired) electrons. The van der Waals surface area contributed by atoms with E-state index in [1.54, 1.807) is 37.3 Å². The summed E-state index contributed by atoms with van der Waals surface area (Å²) in [6.45, 7) is 1.70. The highest BCUT2D eigenvalue weighted by atomic mass is 32.2. The summed E-state index contributed by atoms with van der Waals surface area (Å²) in [4.78, 5) is 11.3. The number of hydrogen-bond donors (Lipinski definition) is 2. The van der Waals surface area contributed by atoms with Crippen molar-refractivity contribution in [3.8, 4) is 0 Å². The Kier molecular flexibility index (Phi) is 4.50. The lowest BCUT2D eigenvalue weighted by Crippen LogP contribution is -2.27. The Morgan fingerprint density at radius 3 is 2.58 bits per heavy atom. The SMILES string of the molecule is CC(NS(=O)(=O)c1ccccc1)c1ccc(C2=NNC(=O)CC2)o1. The molecule has 1 amide bonds. The highest BCUT2D eigenvalue weighted by molar-refractivity contribution is 7.89. The van der Waals surface area contributed by atoms with Crippen LogP contribution < -0.4 is 10.1 Å². The molecular formula is C16H17N3O4S. The molecule has 0 fully saturated rings. The number of carbonyl (C=O) groups excluding carboxylic acids is 1. The number of furan rings is 1. The van der Waals surface area contributed by atoms with Gasteiger partial charge in [-0.1, -0.05) is 18.2 Å². The first-order valence-electron chi connectivity index (χ1n) is 7.48.